The molecule has 1 saturated heterocycles. The van der Waals surface area contributed by atoms with Gasteiger partial charge in [0.2, 0.25) is 0 Å². The zero-order valence-corrected chi connectivity index (χ0v) is 12.5. The molecular weight excluding hydrogens is 258 g/mol. The molecule has 1 aromatic rings. The molecule has 1 aromatic carbocycles. The molecule has 1 N–H and O–H groups in total. The van der Waals surface area contributed by atoms with Crippen molar-refractivity contribution in [3.63, 3.8) is 0 Å². The second-order valence-electron chi connectivity index (χ2n) is 6.45. The van der Waals surface area contributed by atoms with Gasteiger partial charge in [-0.1, -0.05) is 26.0 Å². The molecule has 0 radical (unpaired) electrons. The SMILES string of the molecule is CNC(CN1CCC(C)(C)CC1)c1cccc(F)c1F. The Morgan fingerprint density at radius 3 is 2.50 bits per heavy atom. The second kappa shape index (κ2) is 6.19. The Morgan fingerprint density at radius 1 is 1.25 bits per heavy atom. The molecule has 112 valence electrons. The third kappa shape index (κ3) is 3.55. The molecule has 1 fully saturated rings. The summed E-state index contributed by atoms with van der Waals surface area (Å²) < 4.78 is 27.2. The first-order valence-electron chi connectivity index (χ1n) is 7.26. The van der Waals surface area contributed by atoms with Crippen LogP contribution in [0, 0.1) is 17.0 Å². The van der Waals surface area contributed by atoms with Crippen molar-refractivity contribution in [2.45, 2.75) is 32.7 Å². The van der Waals surface area contributed by atoms with Gasteiger partial charge in [0, 0.05) is 18.2 Å². The maximum atomic E-state index is 13.9. The first-order valence-corrected chi connectivity index (χ1v) is 7.26. The van der Waals surface area contributed by atoms with E-state index in [1.54, 1.807) is 19.2 Å². The minimum atomic E-state index is -0.775. The summed E-state index contributed by atoms with van der Waals surface area (Å²) in [6.45, 7) is 7.31. The van der Waals surface area contributed by atoms with E-state index < -0.39 is 11.6 Å². The van der Waals surface area contributed by atoms with E-state index in [2.05, 4.69) is 24.1 Å². The van der Waals surface area contributed by atoms with Crippen molar-refractivity contribution in [3.8, 4) is 0 Å². The van der Waals surface area contributed by atoms with Crippen LogP contribution in [0.2, 0.25) is 0 Å². The van der Waals surface area contributed by atoms with E-state index in [-0.39, 0.29) is 6.04 Å². The first kappa shape index (κ1) is 15.4. The summed E-state index contributed by atoms with van der Waals surface area (Å²) in [5.41, 5.74) is 0.813. The highest BCUT2D eigenvalue weighted by molar-refractivity contribution is 5.23. The summed E-state index contributed by atoms with van der Waals surface area (Å²) in [4.78, 5) is 2.33. The van der Waals surface area contributed by atoms with Crippen LogP contribution in [0.15, 0.2) is 18.2 Å². The van der Waals surface area contributed by atoms with Crippen LogP contribution in [0.3, 0.4) is 0 Å². The van der Waals surface area contributed by atoms with Gasteiger partial charge in [-0.2, -0.15) is 0 Å². The van der Waals surface area contributed by atoms with Gasteiger partial charge in [-0.25, -0.2) is 8.78 Å². The van der Waals surface area contributed by atoms with Gasteiger partial charge in [-0.05, 0) is 44.5 Å². The molecule has 2 nitrogen and oxygen atoms in total. The van der Waals surface area contributed by atoms with Gasteiger partial charge in [0.25, 0.3) is 0 Å². The summed E-state index contributed by atoms with van der Waals surface area (Å²) >= 11 is 0. The Labute approximate surface area is 120 Å². The molecule has 1 aliphatic rings. The number of likely N-dealkylation sites (tertiary alicyclic amines) is 1. The molecule has 0 aromatic heterocycles. The third-order valence-electron chi connectivity index (χ3n) is 4.36. The van der Waals surface area contributed by atoms with E-state index >= 15 is 0 Å². The number of benzene rings is 1. The molecule has 0 amide bonds. The van der Waals surface area contributed by atoms with E-state index in [1.807, 2.05) is 0 Å². The summed E-state index contributed by atoms with van der Waals surface area (Å²) in [5.74, 6) is -1.51. The van der Waals surface area contributed by atoms with Crippen molar-refractivity contribution >= 4 is 0 Å². The van der Waals surface area contributed by atoms with Gasteiger partial charge in [-0.15, -0.1) is 0 Å². The standard InChI is InChI=1S/C16H24F2N2/c1-16(2)7-9-20(10-8-16)11-14(19-3)12-5-4-6-13(17)15(12)18/h4-6,14,19H,7-11H2,1-3H3. The lowest BCUT2D eigenvalue weighted by atomic mass is 9.82. The fourth-order valence-corrected chi connectivity index (χ4v) is 2.73. The van der Waals surface area contributed by atoms with Gasteiger partial charge in [0.05, 0.1) is 0 Å². The van der Waals surface area contributed by atoms with E-state index in [0.717, 1.165) is 32.0 Å². The fraction of sp³-hybridized carbons (Fsp3) is 0.625. The smallest absolute Gasteiger partial charge is 0.163 e. The largest absolute Gasteiger partial charge is 0.312 e. The second-order valence-corrected chi connectivity index (χ2v) is 6.45. The summed E-state index contributed by atoms with van der Waals surface area (Å²) in [6, 6.07) is 4.21. The summed E-state index contributed by atoms with van der Waals surface area (Å²) in [7, 11) is 1.79. The molecule has 1 heterocycles. The monoisotopic (exact) mass is 282 g/mol. The Hall–Kier alpha value is -1.00. The van der Waals surface area contributed by atoms with Crippen LogP contribution >= 0.6 is 0 Å². The highest BCUT2D eigenvalue weighted by atomic mass is 19.2. The molecule has 1 unspecified atom stereocenters. The molecule has 20 heavy (non-hydrogen) atoms. The number of nitrogens with one attached hydrogen (secondary N) is 1. The molecule has 4 heteroatoms. The zero-order chi connectivity index (χ0) is 14.8. The first-order chi connectivity index (χ1) is 9.43. The van der Waals surface area contributed by atoms with Gasteiger partial charge in [0.1, 0.15) is 0 Å². The molecule has 0 saturated carbocycles. The maximum absolute atomic E-state index is 13.9. The van der Waals surface area contributed by atoms with Crippen LogP contribution in [0.1, 0.15) is 38.3 Å². The van der Waals surface area contributed by atoms with Crippen molar-refractivity contribution in [2.75, 3.05) is 26.7 Å². The average Bonchev–Trinajstić information content (AvgIpc) is 2.41. The Kier molecular flexibility index (Phi) is 4.76. The number of hydrogen-bond acceptors (Lipinski definition) is 2. The van der Waals surface area contributed by atoms with Crippen LogP contribution in [-0.2, 0) is 0 Å². The molecular formula is C16H24F2N2. The topological polar surface area (TPSA) is 15.3 Å². The predicted octanol–water partition coefficient (Wildman–Crippen LogP) is 3.35. The van der Waals surface area contributed by atoms with Gasteiger partial charge in [-0.3, -0.25) is 0 Å². The van der Waals surface area contributed by atoms with Gasteiger partial charge >= 0.3 is 0 Å². The molecule has 0 aliphatic carbocycles. The number of nitrogens with zero attached hydrogens (tertiary/aromatic N) is 1. The number of hydrogen-bond donors (Lipinski definition) is 1. The third-order valence-corrected chi connectivity index (χ3v) is 4.36. The lowest BCUT2D eigenvalue weighted by Crippen LogP contribution is -2.41. The summed E-state index contributed by atoms with van der Waals surface area (Å²) in [5, 5.41) is 3.11. The van der Waals surface area contributed by atoms with E-state index in [4.69, 9.17) is 0 Å². The van der Waals surface area contributed by atoms with E-state index in [1.165, 1.54) is 0 Å². The normalized spacial score (nSPS) is 20.9. The van der Waals surface area contributed by atoms with Crippen molar-refractivity contribution in [2.24, 2.45) is 5.41 Å². The van der Waals surface area contributed by atoms with Crippen molar-refractivity contribution in [1.29, 1.82) is 0 Å². The lowest BCUT2D eigenvalue weighted by molar-refractivity contribution is 0.123. The Balaban J connectivity index is 2.05. The molecule has 1 atom stereocenters. The quantitative estimate of drug-likeness (QED) is 0.911. The van der Waals surface area contributed by atoms with Gasteiger partial charge < -0.3 is 10.2 Å². The summed E-state index contributed by atoms with van der Waals surface area (Å²) in [6.07, 6.45) is 2.30. The zero-order valence-electron chi connectivity index (χ0n) is 12.5. The molecule has 2 rings (SSSR count). The molecule has 1 aliphatic heterocycles. The van der Waals surface area contributed by atoms with Crippen LogP contribution < -0.4 is 5.32 Å². The minimum Gasteiger partial charge on any atom is -0.312 e. The number of rotatable bonds is 4. The van der Waals surface area contributed by atoms with Crippen LogP contribution in [0.4, 0.5) is 8.78 Å². The predicted molar refractivity (Wildman–Crippen MR) is 77.6 cm³/mol. The minimum absolute atomic E-state index is 0.174. The molecule has 0 bridgehead atoms. The van der Waals surface area contributed by atoms with E-state index in [9.17, 15) is 8.78 Å². The van der Waals surface area contributed by atoms with Gasteiger partial charge in [0.15, 0.2) is 11.6 Å². The van der Waals surface area contributed by atoms with Crippen molar-refractivity contribution in [3.05, 3.63) is 35.4 Å². The number of piperidine rings is 1. The molecule has 0 spiro atoms. The average molecular weight is 282 g/mol. The van der Waals surface area contributed by atoms with Crippen LogP contribution in [0.5, 0.6) is 0 Å². The van der Waals surface area contributed by atoms with Crippen LogP contribution in [-0.4, -0.2) is 31.6 Å². The maximum Gasteiger partial charge on any atom is 0.163 e. The Morgan fingerprint density at radius 2 is 1.90 bits per heavy atom. The highest BCUT2D eigenvalue weighted by Gasteiger charge is 2.27. The highest BCUT2D eigenvalue weighted by Crippen LogP contribution is 2.30. The van der Waals surface area contributed by atoms with E-state index in [0.29, 0.717) is 17.5 Å². The number of halogens is 2. The van der Waals surface area contributed by atoms with Crippen molar-refractivity contribution in [1.82, 2.24) is 10.2 Å². The fourth-order valence-electron chi connectivity index (χ4n) is 2.73. The number of likely N-dealkylation sites (N-methyl/N-ethyl adjacent to an activating group) is 1. The van der Waals surface area contributed by atoms with Crippen molar-refractivity contribution < 1.29 is 8.78 Å². The van der Waals surface area contributed by atoms with Crippen LogP contribution in [0.25, 0.3) is 0 Å². The Bertz CT molecular complexity index is 450. The lowest BCUT2D eigenvalue weighted by Gasteiger charge is -2.38.